The van der Waals surface area contributed by atoms with Gasteiger partial charge in [0.1, 0.15) is 5.69 Å². The quantitative estimate of drug-likeness (QED) is 0.161. The number of pyridine rings is 1. The van der Waals surface area contributed by atoms with Crippen LogP contribution in [0.25, 0.3) is 154 Å². The fraction of sp³-hybridized carbons (Fsp3) is 0. The number of fused-ring (bicyclic) bond motifs is 19. The minimum Gasteiger partial charge on any atom is -0.307 e. The molecule has 16 aromatic rings. The van der Waals surface area contributed by atoms with E-state index in [-0.39, 0.29) is 0 Å². The third-order valence-electron chi connectivity index (χ3n) is 15.3. The van der Waals surface area contributed by atoms with Gasteiger partial charge in [-0.1, -0.05) is 206 Å². The molecular weight excluding hydrogens is 901 g/mol. The van der Waals surface area contributed by atoms with Gasteiger partial charge in [0, 0.05) is 43.4 Å². The van der Waals surface area contributed by atoms with Crippen molar-refractivity contribution in [2.24, 2.45) is 0 Å². The smallest absolute Gasteiger partial charge is 0.238 e. The molecule has 0 aliphatic rings. The molecule has 16 rings (SSSR count). The molecule has 0 saturated carbocycles. The summed E-state index contributed by atoms with van der Waals surface area (Å²) in [4.78, 5) is 21.6. The molecule has 4 heterocycles. The third kappa shape index (κ3) is 5.88. The summed E-state index contributed by atoms with van der Waals surface area (Å²) in [7, 11) is 0. The van der Waals surface area contributed by atoms with Crippen LogP contribution in [0.2, 0.25) is 0 Å². The van der Waals surface area contributed by atoms with Crippen molar-refractivity contribution in [3.63, 3.8) is 0 Å². The second-order valence-corrected chi connectivity index (χ2v) is 19.3. The second-order valence-electron chi connectivity index (χ2n) is 19.3. The molecule has 4 aromatic heterocycles. The normalized spacial score (nSPS) is 12.1. The van der Waals surface area contributed by atoms with Crippen LogP contribution in [0.3, 0.4) is 0 Å². The molecule has 6 heteroatoms. The third-order valence-corrected chi connectivity index (χ3v) is 15.3. The molecule has 12 aromatic carbocycles. The fourth-order valence-electron chi connectivity index (χ4n) is 12.1. The van der Waals surface area contributed by atoms with Crippen molar-refractivity contribution < 1.29 is 0 Å². The van der Waals surface area contributed by atoms with E-state index in [1.165, 1.54) is 37.7 Å². The van der Waals surface area contributed by atoms with Gasteiger partial charge in [0.2, 0.25) is 5.95 Å². The number of nitrogens with zero attached hydrogens (tertiary/aromatic N) is 6. The van der Waals surface area contributed by atoms with E-state index in [4.69, 9.17) is 19.9 Å². The molecule has 0 aliphatic carbocycles. The maximum atomic E-state index is 5.49. The highest BCUT2D eigenvalue weighted by molar-refractivity contribution is 6.27. The minimum absolute atomic E-state index is 0.494. The Bertz CT molecular complexity index is 4960. The molecular formula is C68H40N6. The van der Waals surface area contributed by atoms with Gasteiger partial charge in [-0.3, -0.25) is 4.57 Å². The Labute approximate surface area is 423 Å². The molecule has 0 fully saturated rings. The second kappa shape index (κ2) is 15.7. The number of hydrogen-bond donors (Lipinski definition) is 0. The van der Waals surface area contributed by atoms with E-state index in [9.17, 15) is 0 Å². The number of aromatic nitrogens is 6. The highest BCUT2D eigenvalue weighted by Crippen LogP contribution is 2.45. The Morgan fingerprint density at radius 2 is 0.689 bits per heavy atom. The molecule has 0 radical (unpaired) electrons. The van der Waals surface area contributed by atoms with Crippen LogP contribution in [0.15, 0.2) is 243 Å². The number of para-hydroxylation sites is 3. The van der Waals surface area contributed by atoms with Crippen molar-refractivity contribution in [1.82, 2.24) is 29.1 Å². The Hall–Kier alpha value is -10.0. The first kappa shape index (κ1) is 40.7. The standard InChI is InChI=1S/C68H40N6/c1-2-18-41(19-3-1)66-70-67(59-39-38-55-49-26-8-6-24-47(49)48-25-10-11-30-54(48)63(55)69-59)72-68(71-66)74-62-33-17-14-29-53(62)57-37-36-56-52-28-13-16-32-61(52)73(64(56)65(57)74)60-31-15-12-20-43(60)42-34-35-51-46-23-5-4-21-44(46)45-22-7-9-27-50(45)58(51)40-42/h1-40H. The summed E-state index contributed by atoms with van der Waals surface area (Å²) >= 11 is 0. The zero-order valence-corrected chi connectivity index (χ0v) is 39.8. The highest BCUT2D eigenvalue weighted by Gasteiger charge is 2.25. The summed E-state index contributed by atoms with van der Waals surface area (Å²) in [5.74, 6) is 1.57. The van der Waals surface area contributed by atoms with Gasteiger partial charge >= 0.3 is 0 Å². The van der Waals surface area contributed by atoms with Gasteiger partial charge in [0.15, 0.2) is 11.6 Å². The van der Waals surface area contributed by atoms with Crippen LogP contribution < -0.4 is 0 Å². The zero-order chi connectivity index (χ0) is 48.4. The summed E-state index contributed by atoms with van der Waals surface area (Å²) in [5.41, 5.74) is 10.00. The average molecular weight is 941 g/mol. The highest BCUT2D eigenvalue weighted by atomic mass is 15.2. The lowest BCUT2D eigenvalue weighted by atomic mass is 9.92. The average Bonchev–Trinajstić information content (AvgIpc) is 4.01. The molecule has 0 atom stereocenters. The fourth-order valence-corrected chi connectivity index (χ4v) is 12.1. The van der Waals surface area contributed by atoms with Gasteiger partial charge in [-0.2, -0.15) is 9.97 Å². The van der Waals surface area contributed by atoms with Crippen molar-refractivity contribution >= 4 is 108 Å². The SMILES string of the molecule is c1ccc(-c2nc(-c3ccc4c5ccccc5c5ccccc5c4n3)nc(-n3c4ccccc4c4ccc5c6ccccc6n(-c6ccccc6-c6ccc7c8ccccc8c8ccccc8c7c6)c5c43)n2)cc1. The first-order valence-electron chi connectivity index (χ1n) is 25.1. The van der Waals surface area contributed by atoms with Crippen LogP contribution in [-0.2, 0) is 0 Å². The summed E-state index contributed by atoms with van der Waals surface area (Å²) < 4.78 is 4.74. The minimum atomic E-state index is 0.494. The topological polar surface area (TPSA) is 61.4 Å². The van der Waals surface area contributed by atoms with Crippen molar-refractivity contribution in [2.75, 3.05) is 0 Å². The Balaban J connectivity index is 0.989. The van der Waals surface area contributed by atoms with Crippen LogP contribution in [0.5, 0.6) is 0 Å². The Morgan fingerprint density at radius 1 is 0.257 bits per heavy atom. The van der Waals surface area contributed by atoms with Crippen LogP contribution in [-0.4, -0.2) is 29.1 Å². The van der Waals surface area contributed by atoms with E-state index in [0.717, 1.165) is 93.1 Å². The van der Waals surface area contributed by atoms with E-state index in [0.29, 0.717) is 23.3 Å². The van der Waals surface area contributed by atoms with Gasteiger partial charge in [-0.15, -0.1) is 0 Å². The lowest BCUT2D eigenvalue weighted by Gasteiger charge is -2.17. The van der Waals surface area contributed by atoms with Crippen molar-refractivity contribution in [3.05, 3.63) is 243 Å². The lowest BCUT2D eigenvalue weighted by Crippen LogP contribution is -2.08. The number of rotatable bonds is 5. The predicted octanol–water partition coefficient (Wildman–Crippen LogP) is 17.4. The predicted molar refractivity (Wildman–Crippen MR) is 308 cm³/mol. The van der Waals surface area contributed by atoms with Crippen LogP contribution in [0, 0.1) is 0 Å². The molecule has 342 valence electrons. The Kier molecular flexibility index (Phi) is 8.64. The number of hydrogen-bond acceptors (Lipinski definition) is 4. The molecule has 0 N–H and O–H groups in total. The van der Waals surface area contributed by atoms with Crippen LogP contribution in [0.1, 0.15) is 0 Å². The molecule has 6 nitrogen and oxygen atoms in total. The summed E-state index contributed by atoms with van der Waals surface area (Å²) in [6.45, 7) is 0. The monoisotopic (exact) mass is 940 g/mol. The van der Waals surface area contributed by atoms with E-state index in [1.54, 1.807) is 0 Å². The van der Waals surface area contributed by atoms with E-state index >= 15 is 0 Å². The molecule has 0 aliphatic heterocycles. The van der Waals surface area contributed by atoms with Crippen LogP contribution >= 0.6 is 0 Å². The molecule has 0 spiro atoms. The lowest BCUT2D eigenvalue weighted by molar-refractivity contribution is 0.949. The first-order valence-corrected chi connectivity index (χ1v) is 25.1. The van der Waals surface area contributed by atoms with Gasteiger partial charge in [0.25, 0.3) is 0 Å². The molecule has 0 unspecified atom stereocenters. The maximum absolute atomic E-state index is 5.49. The maximum Gasteiger partial charge on any atom is 0.238 e. The molecule has 74 heavy (non-hydrogen) atoms. The van der Waals surface area contributed by atoms with Crippen molar-refractivity contribution in [3.8, 4) is 45.7 Å². The van der Waals surface area contributed by atoms with Gasteiger partial charge in [-0.05, 0) is 90.4 Å². The molecule has 0 bridgehead atoms. The van der Waals surface area contributed by atoms with E-state index in [1.807, 2.05) is 18.2 Å². The molecule has 0 saturated heterocycles. The number of benzene rings is 12. The van der Waals surface area contributed by atoms with Gasteiger partial charge in [0.05, 0.1) is 33.3 Å². The summed E-state index contributed by atoms with van der Waals surface area (Å²) in [6, 6.07) is 87.0. The molecule has 0 amide bonds. The van der Waals surface area contributed by atoms with E-state index < -0.39 is 0 Å². The van der Waals surface area contributed by atoms with Crippen molar-refractivity contribution in [1.29, 1.82) is 0 Å². The van der Waals surface area contributed by atoms with Gasteiger partial charge in [-0.25, -0.2) is 9.97 Å². The van der Waals surface area contributed by atoms with Crippen LogP contribution in [0.4, 0.5) is 0 Å². The first-order chi connectivity index (χ1) is 36.7. The summed E-state index contributed by atoms with van der Waals surface area (Å²) in [5, 5.41) is 17.7. The van der Waals surface area contributed by atoms with Crippen molar-refractivity contribution in [2.45, 2.75) is 0 Å². The summed E-state index contributed by atoms with van der Waals surface area (Å²) in [6.07, 6.45) is 0. The zero-order valence-electron chi connectivity index (χ0n) is 39.8. The Morgan fingerprint density at radius 3 is 1.32 bits per heavy atom. The largest absolute Gasteiger partial charge is 0.307 e. The van der Waals surface area contributed by atoms with Gasteiger partial charge < -0.3 is 4.57 Å². The van der Waals surface area contributed by atoms with E-state index in [2.05, 4.69) is 234 Å².